The number of fused-ring (bicyclic) bond motifs is 1. The van der Waals surface area contributed by atoms with E-state index < -0.39 is 0 Å². The highest BCUT2D eigenvalue weighted by Gasteiger charge is 2.11. The Hall–Kier alpha value is -2.48. The first-order valence-corrected chi connectivity index (χ1v) is 10.9. The van der Waals surface area contributed by atoms with Crippen molar-refractivity contribution < 1.29 is 19.0 Å². The van der Waals surface area contributed by atoms with E-state index >= 15 is 0 Å². The zero-order valence-corrected chi connectivity index (χ0v) is 18.5. The molecule has 0 unspecified atom stereocenters. The fourth-order valence-corrected chi connectivity index (χ4v) is 2.69. The predicted molar refractivity (Wildman–Crippen MR) is 120 cm³/mol. The average Bonchev–Trinajstić information content (AvgIpc) is 2.97. The molecule has 1 heterocycles. The summed E-state index contributed by atoms with van der Waals surface area (Å²) in [6.45, 7) is 10.4. The SMILES string of the molecule is CCCNC(=O)CN=C(NCCCOCC(C)C)Nc1ccc2c(c1)OCCCO2. The summed E-state index contributed by atoms with van der Waals surface area (Å²) in [4.78, 5) is 16.4. The van der Waals surface area contributed by atoms with Gasteiger partial charge >= 0.3 is 0 Å². The van der Waals surface area contributed by atoms with Gasteiger partial charge in [-0.1, -0.05) is 20.8 Å². The number of carbonyl (C=O) groups is 1. The van der Waals surface area contributed by atoms with E-state index in [0.29, 0.717) is 50.5 Å². The Kier molecular flexibility index (Phi) is 10.9. The number of aliphatic imine (C=N–C) groups is 1. The van der Waals surface area contributed by atoms with Crippen LogP contribution >= 0.6 is 0 Å². The van der Waals surface area contributed by atoms with E-state index in [4.69, 9.17) is 14.2 Å². The number of anilines is 1. The van der Waals surface area contributed by atoms with E-state index in [1.165, 1.54) is 0 Å². The Labute approximate surface area is 179 Å². The summed E-state index contributed by atoms with van der Waals surface area (Å²) in [5.41, 5.74) is 0.815. The molecule has 0 radical (unpaired) electrons. The molecule has 1 aliphatic heterocycles. The van der Waals surface area contributed by atoms with Crippen molar-refractivity contribution in [1.29, 1.82) is 0 Å². The molecule has 3 N–H and O–H groups in total. The number of nitrogens with one attached hydrogen (secondary N) is 3. The monoisotopic (exact) mass is 420 g/mol. The van der Waals surface area contributed by atoms with Crippen LogP contribution in [0.3, 0.4) is 0 Å². The van der Waals surface area contributed by atoms with E-state index in [1.807, 2.05) is 25.1 Å². The number of benzene rings is 1. The summed E-state index contributed by atoms with van der Waals surface area (Å²) in [7, 11) is 0. The highest BCUT2D eigenvalue weighted by Crippen LogP contribution is 2.32. The maximum absolute atomic E-state index is 11.9. The van der Waals surface area contributed by atoms with Crippen molar-refractivity contribution in [2.75, 3.05) is 51.4 Å². The van der Waals surface area contributed by atoms with Gasteiger partial charge in [-0.25, -0.2) is 4.99 Å². The molecule has 0 bridgehead atoms. The van der Waals surface area contributed by atoms with Gasteiger partial charge in [0.25, 0.3) is 0 Å². The van der Waals surface area contributed by atoms with Gasteiger partial charge in [0.05, 0.1) is 13.2 Å². The third-order valence-corrected chi connectivity index (χ3v) is 4.17. The molecule has 30 heavy (non-hydrogen) atoms. The molecule has 1 aliphatic rings. The minimum absolute atomic E-state index is 0.0593. The van der Waals surface area contributed by atoms with Crippen LogP contribution in [0.1, 0.15) is 40.0 Å². The topological polar surface area (TPSA) is 93.2 Å². The van der Waals surface area contributed by atoms with Gasteiger partial charge in [-0.05, 0) is 30.9 Å². The lowest BCUT2D eigenvalue weighted by atomic mass is 10.2. The van der Waals surface area contributed by atoms with Crippen molar-refractivity contribution in [2.45, 2.75) is 40.0 Å². The quantitative estimate of drug-likeness (QED) is 0.290. The number of guanidine groups is 1. The fourth-order valence-electron chi connectivity index (χ4n) is 2.69. The van der Waals surface area contributed by atoms with Crippen LogP contribution < -0.4 is 25.4 Å². The molecular weight excluding hydrogens is 384 g/mol. The van der Waals surface area contributed by atoms with Gasteiger partial charge in [0.1, 0.15) is 6.54 Å². The molecule has 0 aromatic heterocycles. The molecule has 0 fully saturated rings. The Morgan fingerprint density at radius 1 is 1.17 bits per heavy atom. The van der Waals surface area contributed by atoms with Gasteiger partial charge in [-0.15, -0.1) is 0 Å². The first-order chi connectivity index (χ1) is 14.6. The van der Waals surface area contributed by atoms with E-state index in [0.717, 1.165) is 37.3 Å². The number of amides is 1. The Bertz CT molecular complexity index is 679. The molecule has 0 spiro atoms. The van der Waals surface area contributed by atoms with E-state index in [1.54, 1.807) is 0 Å². The molecule has 1 aromatic rings. The molecular formula is C22H36N4O4. The standard InChI is InChI=1S/C22H36N4O4/c1-4-9-23-21(27)15-25-22(24-10-5-11-28-16-17(2)3)26-18-7-8-19-20(14-18)30-13-6-12-29-19/h7-8,14,17H,4-6,9-13,15-16H2,1-3H3,(H,23,27)(H2,24,25,26). The van der Waals surface area contributed by atoms with Crippen molar-refractivity contribution in [3.05, 3.63) is 18.2 Å². The number of hydrogen-bond donors (Lipinski definition) is 3. The fraction of sp³-hybridized carbons (Fsp3) is 0.636. The van der Waals surface area contributed by atoms with Crippen LogP contribution in [0.4, 0.5) is 5.69 Å². The molecule has 1 amide bonds. The summed E-state index contributed by atoms with van der Waals surface area (Å²) in [5, 5.41) is 9.36. The molecule has 0 saturated heterocycles. The summed E-state index contributed by atoms with van der Waals surface area (Å²) in [6, 6.07) is 5.68. The molecule has 0 saturated carbocycles. The van der Waals surface area contributed by atoms with Crippen LogP contribution in [-0.2, 0) is 9.53 Å². The number of carbonyl (C=O) groups excluding carboxylic acids is 1. The van der Waals surface area contributed by atoms with Crippen LogP contribution in [0.2, 0.25) is 0 Å². The van der Waals surface area contributed by atoms with Crippen molar-refractivity contribution in [3.63, 3.8) is 0 Å². The van der Waals surface area contributed by atoms with Gasteiger partial charge in [0.2, 0.25) is 5.91 Å². The molecule has 0 atom stereocenters. The van der Waals surface area contributed by atoms with Crippen molar-refractivity contribution in [2.24, 2.45) is 10.9 Å². The first-order valence-electron chi connectivity index (χ1n) is 10.9. The molecule has 1 aromatic carbocycles. The minimum atomic E-state index is -0.100. The Morgan fingerprint density at radius 2 is 1.97 bits per heavy atom. The van der Waals surface area contributed by atoms with Crippen molar-refractivity contribution in [3.8, 4) is 11.5 Å². The molecule has 0 aliphatic carbocycles. The third-order valence-electron chi connectivity index (χ3n) is 4.17. The van der Waals surface area contributed by atoms with Crippen LogP contribution in [-0.4, -0.2) is 57.9 Å². The molecule has 8 heteroatoms. The Balaban J connectivity index is 1.94. The normalized spacial score (nSPS) is 13.7. The summed E-state index contributed by atoms with van der Waals surface area (Å²) in [5.74, 6) is 2.42. The smallest absolute Gasteiger partial charge is 0.241 e. The minimum Gasteiger partial charge on any atom is -0.490 e. The molecule has 2 rings (SSSR count). The molecule has 8 nitrogen and oxygen atoms in total. The maximum atomic E-state index is 11.9. The predicted octanol–water partition coefficient (Wildman–Crippen LogP) is 2.79. The summed E-state index contributed by atoms with van der Waals surface area (Å²) >= 11 is 0. The van der Waals surface area contributed by atoms with Gasteiger partial charge < -0.3 is 30.2 Å². The van der Waals surface area contributed by atoms with Gasteiger partial charge in [0.15, 0.2) is 17.5 Å². The summed E-state index contributed by atoms with van der Waals surface area (Å²) < 4.78 is 17.0. The van der Waals surface area contributed by atoms with Crippen LogP contribution in [0.5, 0.6) is 11.5 Å². The Morgan fingerprint density at radius 3 is 2.73 bits per heavy atom. The zero-order chi connectivity index (χ0) is 21.6. The van der Waals surface area contributed by atoms with Crippen LogP contribution in [0, 0.1) is 5.92 Å². The van der Waals surface area contributed by atoms with Gasteiger partial charge in [0, 0.05) is 44.5 Å². The average molecular weight is 421 g/mol. The largest absolute Gasteiger partial charge is 0.490 e. The number of hydrogen-bond acceptors (Lipinski definition) is 5. The van der Waals surface area contributed by atoms with Gasteiger partial charge in [-0.2, -0.15) is 0 Å². The zero-order valence-electron chi connectivity index (χ0n) is 18.5. The van der Waals surface area contributed by atoms with Crippen LogP contribution in [0.25, 0.3) is 0 Å². The second kappa shape index (κ2) is 13.7. The lowest BCUT2D eigenvalue weighted by Gasteiger charge is -2.15. The second-order valence-corrected chi connectivity index (χ2v) is 7.60. The van der Waals surface area contributed by atoms with Crippen molar-refractivity contribution in [1.82, 2.24) is 10.6 Å². The lowest BCUT2D eigenvalue weighted by molar-refractivity contribution is -0.119. The van der Waals surface area contributed by atoms with Crippen molar-refractivity contribution >= 4 is 17.6 Å². The highest BCUT2D eigenvalue weighted by atomic mass is 16.5. The summed E-state index contributed by atoms with van der Waals surface area (Å²) in [6.07, 6.45) is 2.60. The maximum Gasteiger partial charge on any atom is 0.241 e. The number of rotatable bonds is 11. The number of ether oxygens (including phenoxy) is 3. The third kappa shape index (κ3) is 9.35. The second-order valence-electron chi connectivity index (χ2n) is 7.60. The van der Waals surface area contributed by atoms with E-state index in [2.05, 4.69) is 34.8 Å². The van der Waals surface area contributed by atoms with E-state index in [-0.39, 0.29) is 12.5 Å². The van der Waals surface area contributed by atoms with Gasteiger partial charge in [-0.3, -0.25) is 4.79 Å². The van der Waals surface area contributed by atoms with Crippen LogP contribution in [0.15, 0.2) is 23.2 Å². The lowest BCUT2D eigenvalue weighted by Crippen LogP contribution is -2.34. The number of nitrogens with zero attached hydrogens (tertiary/aromatic N) is 1. The highest BCUT2D eigenvalue weighted by molar-refractivity contribution is 5.95. The van der Waals surface area contributed by atoms with E-state index in [9.17, 15) is 4.79 Å². The molecule has 168 valence electrons. The first kappa shape index (κ1) is 23.8.